The Kier molecular flexibility index (Phi) is 3.30. The lowest BCUT2D eigenvalue weighted by molar-refractivity contribution is 0.100. The van der Waals surface area contributed by atoms with E-state index in [0.29, 0.717) is 10.6 Å². The molecule has 1 heterocycles. The summed E-state index contributed by atoms with van der Waals surface area (Å²) in [6.07, 6.45) is 0. The van der Waals surface area contributed by atoms with Crippen molar-refractivity contribution in [1.82, 2.24) is 4.98 Å². The quantitative estimate of drug-likeness (QED) is 0.773. The molecule has 0 aliphatic heterocycles. The first-order valence-electron chi connectivity index (χ1n) is 5.85. The van der Waals surface area contributed by atoms with Crippen molar-refractivity contribution >= 4 is 49.9 Å². The first-order chi connectivity index (χ1) is 9.61. The number of fused-ring (bicyclic) bond motifs is 1. The van der Waals surface area contributed by atoms with Gasteiger partial charge in [0.25, 0.3) is 0 Å². The summed E-state index contributed by atoms with van der Waals surface area (Å²) in [6.45, 7) is 0. The van der Waals surface area contributed by atoms with Crippen LogP contribution in [0.25, 0.3) is 10.2 Å². The van der Waals surface area contributed by atoms with Crippen LogP contribution in [-0.4, -0.2) is 10.9 Å². The molecule has 0 spiro atoms. The van der Waals surface area contributed by atoms with Crippen LogP contribution in [0, 0.1) is 0 Å². The molecule has 0 atom stereocenters. The van der Waals surface area contributed by atoms with Crippen LogP contribution in [0.4, 0.5) is 10.8 Å². The first kappa shape index (κ1) is 12.9. The van der Waals surface area contributed by atoms with Gasteiger partial charge in [0.1, 0.15) is 0 Å². The van der Waals surface area contributed by atoms with Crippen LogP contribution in [0.1, 0.15) is 10.4 Å². The summed E-state index contributed by atoms with van der Waals surface area (Å²) >= 11 is 7.45. The fraction of sp³-hybridized carbons (Fsp3) is 0. The lowest BCUT2D eigenvalue weighted by Crippen LogP contribution is -2.10. The van der Waals surface area contributed by atoms with Gasteiger partial charge in [0, 0.05) is 16.3 Å². The summed E-state index contributed by atoms with van der Waals surface area (Å²) in [5.41, 5.74) is 7.33. The summed E-state index contributed by atoms with van der Waals surface area (Å²) in [7, 11) is 0. The molecule has 2 aromatic carbocycles. The molecule has 100 valence electrons. The van der Waals surface area contributed by atoms with Crippen LogP contribution in [0.5, 0.6) is 0 Å². The molecule has 3 aromatic rings. The van der Waals surface area contributed by atoms with Gasteiger partial charge in [0.2, 0.25) is 5.91 Å². The van der Waals surface area contributed by atoms with Crippen molar-refractivity contribution in [2.75, 3.05) is 5.32 Å². The van der Waals surface area contributed by atoms with E-state index < -0.39 is 5.91 Å². The molecule has 0 saturated heterocycles. The molecule has 0 radical (unpaired) electrons. The predicted octanol–water partition coefficient (Wildman–Crippen LogP) is 3.79. The number of benzene rings is 2. The molecule has 0 unspecified atom stereocenters. The minimum atomic E-state index is -0.454. The Bertz CT molecular complexity index is 800. The summed E-state index contributed by atoms with van der Waals surface area (Å²) in [4.78, 5) is 15.6. The molecule has 0 fully saturated rings. The van der Waals surface area contributed by atoms with Crippen LogP contribution in [-0.2, 0) is 0 Å². The highest BCUT2D eigenvalue weighted by Crippen LogP contribution is 2.30. The van der Waals surface area contributed by atoms with E-state index in [-0.39, 0.29) is 0 Å². The number of aromatic nitrogens is 1. The third kappa shape index (κ3) is 2.59. The maximum atomic E-state index is 11.2. The zero-order valence-corrected chi connectivity index (χ0v) is 11.8. The van der Waals surface area contributed by atoms with Gasteiger partial charge in [-0.15, -0.1) is 0 Å². The maximum absolute atomic E-state index is 11.2. The van der Waals surface area contributed by atoms with Crippen LogP contribution in [0.2, 0.25) is 5.02 Å². The summed E-state index contributed by atoms with van der Waals surface area (Å²) in [5.74, 6) is -0.454. The van der Waals surface area contributed by atoms with Crippen molar-refractivity contribution < 1.29 is 4.79 Å². The van der Waals surface area contributed by atoms with E-state index in [9.17, 15) is 4.79 Å². The second kappa shape index (κ2) is 5.11. The molecule has 0 aliphatic carbocycles. The van der Waals surface area contributed by atoms with Crippen molar-refractivity contribution in [2.45, 2.75) is 0 Å². The van der Waals surface area contributed by atoms with E-state index in [2.05, 4.69) is 10.3 Å². The average Bonchev–Trinajstić information content (AvgIpc) is 2.80. The van der Waals surface area contributed by atoms with Gasteiger partial charge in [-0.2, -0.15) is 0 Å². The van der Waals surface area contributed by atoms with Gasteiger partial charge >= 0.3 is 0 Å². The third-order valence-electron chi connectivity index (χ3n) is 2.75. The minimum absolute atomic E-state index is 0.454. The molecule has 1 aromatic heterocycles. The minimum Gasteiger partial charge on any atom is -0.366 e. The maximum Gasteiger partial charge on any atom is 0.248 e. The van der Waals surface area contributed by atoms with Crippen LogP contribution < -0.4 is 11.1 Å². The zero-order valence-electron chi connectivity index (χ0n) is 10.3. The van der Waals surface area contributed by atoms with E-state index in [0.717, 1.165) is 21.0 Å². The number of nitrogens with one attached hydrogen (secondary N) is 1. The van der Waals surface area contributed by atoms with Crippen LogP contribution in [0.15, 0.2) is 42.5 Å². The van der Waals surface area contributed by atoms with Gasteiger partial charge in [-0.05, 0) is 36.4 Å². The standard InChI is InChI=1S/C14H10ClN3OS/c15-9-4-5-12-11(7-9)18-14(20-12)17-10-3-1-2-8(6-10)13(16)19/h1-7H,(H2,16,19)(H,17,18). The third-order valence-corrected chi connectivity index (χ3v) is 3.93. The predicted molar refractivity (Wildman–Crippen MR) is 82.9 cm³/mol. The van der Waals surface area contributed by atoms with Crippen molar-refractivity contribution in [1.29, 1.82) is 0 Å². The van der Waals surface area contributed by atoms with E-state index in [4.69, 9.17) is 17.3 Å². The number of primary amides is 1. The molecule has 1 amide bonds. The Balaban J connectivity index is 1.92. The SMILES string of the molecule is NC(=O)c1cccc(Nc2nc3cc(Cl)ccc3s2)c1. The molecule has 0 aliphatic rings. The fourth-order valence-corrected chi connectivity index (χ4v) is 2.86. The van der Waals surface area contributed by atoms with E-state index >= 15 is 0 Å². The Morgan fingerprint density at radius 1 is 1.25 bits per heavy atom. The smallest absolute Gasteiger partial charge is 0.248 e. The summed E-state index contributed by atoms with van der Waals surface area (Å²) < 4.78 is 1.04. The number of nitrogens with zero attached hydrogens (tertiary/aromatic N) is 1. The fourth-order valence-electron chi connectivity index (χ4n) is 1.83. The van der Waals surface area contributed by atoms with Crippen molar-refractivity contribution in [3.63, 3.8) is 0 Å². The summed E-state index contributed by atoms with van der Waals surface area (Å²) in [5, 5.41) is 4.56. The van der Waals surface area contributed by atoms with Gasteiger partial charge in [-0.3, -0.25) is 4.79 Å². The van der Waals surface area contributed by atoms with E-state index in [1.165, 1.54) is 11.3 Å². The summed E-state index contributed by atoms with van der Waals surface area (Å²) in [6, 6.07) is 12.6. The molecule has 0 saturated carbocycles. The monoisotopic (exact) mass is 303 g/mol. The number of carbonyl (C=O) groups is 1. The van der Waals surface area contributed by atoms with Crippen molar-refractivity contribution in [3.05, 3.63) is 53.1 Å². The number of amides is 1. The Hall–Kier alpha value is -2.11. The van der Waals surface area contributed by atoms with Crippen LogP contribution >= 0.6 is 22.9 Å². The number of halogens is 1. The van der Waals surface area contributed by atoms with Crippen LogP contribution in [0.3, 0.4) is 0 Å². The first-order valence-corrected chi connectivity index (χ1v) is 7.04. The molecular formula is C14H10ClN3OS. The number of nitrogens with two attached hydrogens (primary N) is 1. The van der Waals surface area contributed by atoms with Gasteiger partial charge in [0.15, 0.2) is 5.13 Å². The normalized spacial score (nSPS) is 10.7. The number of thiazole rings is 1. The highest BCUT2D eigenvalue weighted by Gasteiger charge is 2.06. The molecule has 20 heavy (non-hydrogen) atoms. The molecule has 0 bridgehead atoms. The van der Waals surface area contributed by atoms with Gasteiger partial charge in [-0.1, -0.05) is 29.0 Å². The van der Waals surface area contributed by atoms with E-state index in [1.54, 1.807) is 18.2 Å². The molecule has 4 nitrogen and oxygen atoms in total. The Labute approximate surface area is 124 Å². The molecular weight excluding hydrogens is 294 g/mol. The number of rotatable bonds is 3. The van der Waals surface area contributed by atoms with Gasteiger partial charge in [0.05, 0.1) is 10.2 Å². The number of anilines is 2. The highest BCUT2D eigenvalue weighted by atomic mass is 35.5. The van der Waals surface area contributed by atoms with Crippen molar-refractivity contribution in [2.24, 2.45) is 5.73 Å². The molecule has 3 N–H and O–H groups in total. The molecule has 6 heteroatoms. The average molecular weight is 304 g/mol. The zero-order chi connectivity index (χ0) is 14.1. The largest absolute Gasteiger partial charge is 0.366 e. The topological polar surface area (TPSA) is 68.0 Å². The van der Waals surface area contributed by atoms with E-state index in [1.807, 2.05) is 24.3 Å². The Morgan fingerprint density at radius 2 is 2.10 bits per heavy atom. The number of hydrogen-bond donors (Lipinski definition) is 2. The lowest BCUT2D eigenvalue weighted by atomic mass is 10.2. The molecule has 3 rings (SSSR count). The number of carbonyl (C=O) groups excluding carboxylic acids is 1. The lowest BCUT2D eigenvalue weighted by Gasteiger charge is -2.03. The number of hydrogen-bond acceptors (Lipinski definition) is 4. The second-order valence-electron chi connectivity index (χ2n) is 4.20. The Morgan fingerprint density at radius 3 is 2.90 bits per heavy atom. The van der Waals surface area contributed by atoms with Crippen molar-refractivity contribution in [3.8, 4) is 0 Å². The second-order valence-corrected chi connectivity index (χ2v) is 5.67. The highest BCUT2D eigenvalue weighted by molar-refractivity contribution is 7.22. The van der Waals surface area contributed by atoms with Gasteiger partial charge in [-0.25, -0.2) is 4.98 Å². The van der Waals surface area contributed by atoms with Gasteiger partial charge < -0.3 is 11.1 Å².